The molecule has 5 heteroatoms. The van der Waals surface area contributed by atoms with Crippen molar-refractivity contribution in [3.63, 3.8) is 0 Å². The highest BCUT2D eigenvalue weighted by Gasteiger charge is 2.53. The number of piperidine rings is 1. The Balaban J connectivity index is 1.87. The molecule has 0 bridgehead atoms. The summed E-state index contributed by atoms with van der Waals surface area (Å²) in [5.74, 6) is 0.574. The van der Waals surface area contributed by atoms with Crippen LogP contribution in [0.5, 0.6) is 0 Å². The lowest BCUT2D eigenvalue weighted by Gasteiger charge is -2.51. The molecule has 30 heavy (non-hydrogen) atoms. The molecule has 0 radical (unpaired) electrons. The molecule has 0 aromatic carbocycles. The van der Waals surface area contributed by atoms with Gasteiger partial charge in [0.05, 0.1) is 0 Å². The number of carbonyl (C=O) groups is 2. The summed E-state index contributed by atoms with van der Waals surface area (Å²) in [5, 5.41) is 3.08. The lowest BCUT2D eigenvalue weighted by Crippen LogP contribution is -2.72. The highest BCUT2D eigenvalue weighted by Crippen LogP contribution is 2.34. The minimum atomic E-state index is -0.649. The zero-order valence-corrected chi connectivity index (χ0v) is 19.9. The van der Waals surface area contributed by atoms with E-state index in [1.54, 1.807) is 0 Å². The molecule has 172 valence electrons. The number of carbonyl (C=O) groups excluding carboxylic acids is 2. The summed E-state index contributed by atoms with van der Waals surface area (Å²) >= 11 is 0. The number of piperazine rings is 1. The molecule has 2 aliphatic heterocycles. The molecular formula is C25H45N3O2. The molecule has 2 saturated heterocycles. The van der Waals surface area contributed by atoms with Crippen molar-refractivity contribution in [2.45, 2.75) is 110 Å². The molecule has 2 rings (SSSR count). The third-order valence-electron chi connectivity index (χ3n) is 6.63. The number of likely N-dealkylation sites (tertiary alicyclic amines) is 1. The number of hydrogen-bond donors (Lipinski definition) is 1. The van der Waals surface area contributed by atoms with Crippen LogP contribution in [-0.2, 0) is 9.59 Å². The van der Waals surface area contributed by atoms with Gasteiger partial charge in [0.25, 0.3) is 0 Å². The van der Waals surface area contributed by atoms with Crippen LogP contribution in [0.1, 0.15) is 98.3 Å². The molecule has 2 heterocycles. The number of unbranched alkanes of at least 4 members (excludes halogenated alkanes) is 6. The molecule has 2 aliphatic rings. The Morgan fingerprint density at radius 2 is 1.70 bits per heavy atom. The van der Waals surface area contributed by atoms with E-state index >= 15 is 0 Å². The van der Waals surface area contributed by atoms with E-state index in [0.29, 0.717) is 18.9 Å². The summed E-state index contributed by atoms with van der Waals surface area (Å²) < 4.78 is 0. The van der Waals surface area contributed by atoms with Crippen LogP contribution in [0.25, 0.3) is 0 Å². The van der Waals surface area contributed by atoms with Crippen molar-refractivity contribution in [3.05, 3.63) is 12.3 Å². The first-order valence-electron chi connectivity index (χ1n) is 12.5. The number of nitrogens with zero attached hydrogens (tertiary/aromatic N) is 2. The second-order valence-corrected chi connectivity index (χ2v) is 9.65. The number of hydrogen-bond acceptors (Lipinski definition) is 3. The third-order valence-corrected chi connectivity index (χ3v) is 6.63. The van der Waals surface area contributed by atoms with Crippen LogP contribution in [0.3, 0.4) is 0 Å². The molecule has 1 N–H and O–H groups in total. The molecule has 0 aromatic heterocycles. The lowest BCUT2D eigenvalue weighted by atomic mass is 9.81. The van der Waals surface area contributed by atoms with Crippen molar-refractivity contribution in [1.29, 1.82) is 0 Å². The van der Waals surface area contributed by atoms with Crippen molar-refractivity contribution < 1.29 is 9.59 Å². The summed E-state index contributed by atoms with van der Waals surface area (Å²) in [6.45, 7) is 10.9. The summed E-state index contributed by atoms with van der Waals surface area (Å²) in [6, 6.07) is -0.357. The van der Waals surface area contributed by atoms with Gasteiger partial charge in [0.1, 0.15) is 11.6 Å². The standard InChI is InChI=1S/C25H45N3O2/c1-5-7-8-9-10-11-12-13-17-27-18-14-25(15-19-27)24(30)26-22(20-21(3)4)23(29)28(25)16-6-2/h13,17,21-22H,5-12,14-16,18-20H2,1-4H3,(H,26,30). The van der Waals surface area contributed by atoms with Gasteiger partial charge < -0.3 is 15.1 Å². The smallest absolute Gasteiger partial charge is 0.246 e. The average molecular weight is 420 g/mol. The largest absolute Gasteiger partial charge is 0.377 e. The van der Waals surface area contributed by atoms with Gasteiger partial charge in [-0.1, -0.05) is 65.9 Å². The maximum absolute atomic E-state index is 13.2. The Labute approximate surface area is 184 Å². The van der Waals surface area contributed by atoms with Crippen LogP contribution in [-0.4, -0.2) is 52.8 Å². The third kappa shape index (κ3) is 6.49. The van der Waals surface area contributed by atoms with Crippen LogP contribution in [0.2, 0.25) is 0 Å². The average Bonchev–Trinajstić information content (AvgIpc) is 2.72. The highest BCUT2D eigenvalue weighted by atomic mass is 16.2. The van der Waals surface area contributed by atoms with Crippen molar-refractivity contribution in [1.82, 2.24) is 15.1 Å². The van der Waals surface area contributed by atoms with E-state index in [-0.39, 0.29) is 17.9 Å². The van der Waals surface area contributed by atoms with Crippen LogP contribution in [0.4, 0.5) is 0 Å². The predicted molar refractivity (Wildman–Crippen MR) is 124 cm³/mol. The fourth-order valence-electron chi connectivity index (χ4n) is 4.86. The predicted octanol–water partition coefficient (Wildman–Crippen LogP) is 4.87. The Morgan fingerprint density at radius 3 is 2.33 bits per heavy atom. The van der Waals surface area contributed by atoms with Gasteiger partial charge in [-0.05, 0) is 50.6 Å². The van der Waals surface area contributed by atoms with Crippen molar-refractivity contribution >= 4 is 11.8 Å². The van der Waals surface area contributed by atoms with E-state index in [2.05, 4.69) is 50.2 Å². The minimum absolute atomic E-state index is 0.0666. The van der Waals surface area contributed by atoms with Gasteiger partial charge in [0.2, 0.25) is 11.8 Å². The molecule has 0 aliphatic carbocycles. The topological polar surface area (TPSA) is 52.7 Å². The molecular weight excluding hydrogens is 374 g/mol. The van der Waals surface area contributed by atoms with E-state index in [1.165, 1.54) is 38.5 Å². The summed E-state index contributed by atoms with van der Waals surface area (Å²) in [4.78, 5) is 30.6. The zero-order chi connectivity index (χ0) is 22.0. The Hall–Kier alpha value is -1.52. The van der Waals surface area contributed by atoms with E-state index < -0.39 is 5.54 Å². The Kier molecular flexibility index (Phi) is 10.2. The minimum Gasteiger partial charge on any atom is -0.377 e. The van der Waals surface area contributed by atoms with Crippen LogP contribution in [0, 0.1) is 5.92 Å². The monoisotopic (exact) mass is 419 g/mol. The normalized spacial score (nSPS) is 21.8. The van der Waals surface area contributed by atoms with Gasteiger partial charge in [-0.15, -0.1) is 0 Å². The fourth-order valence-corrected chi connectivity index (χ4v) is 4.86. The quantitative estimate of drug-likeness (QED) is 0.459. The summed E-state index contributed by atoms with van der Waals surface area (Å²) in [7, 11) is 0. The van der Waals surface area contributed by atoms with Crippen LogP contribution < -0.4 is 5.32 Å². The maximum Gasteiger partial charge on any atom is 0.246 e. The van der Waals surface area contributed by atoms with Gasteiger partial charge in [-0.3, -0.25) is 9.59 Å². The first kappa shape index (κ1) is 24.7. The first-order valence-corrected chi connectivity index (χ1v) is 12.5. The molecule has 0 aromatic rings. The molecule has 2 amide bonds. The van der Waals surface area contributed by atoms with Crippen molar-refractivity contribution in [2.24, 2.45) is 5.92 Å². The van der Waals surface area contributed by atoms with E-state index in [4.69, 9.17) is 0 Å². The van der Waals surface area contributed by atoms with Gasteiger partial charge >= 0.3 is 0 Å². The maximum atomic E-state index is 13.2. The van der Waals surface area contributed by atoms with Gasteiger partial charge in [-0.25, -0.2) is 0 Å². The summed E-state index contributed by atoms with van der Waals surface area (Å²) in [6.07, 6.45) is 16.6. The van der Waals surface area contributed by atoms with E-state index in [9.17, 15) is 9.59 Å². The molecule has 0 saturated carbocycles. The Bertz CT molecular complexity index is 565. The van der Waals surface area contributed by atoms with Crippen LogP contribution in [0.15, 0.2) is 12.3 Å². The van der Waals surface area contributed by atoms with Gasteiger partial charge in [0.15, 0.2) is 0 Å². The molecule has 1 unspecified atom stereocenters. The SMILES string of the molecule is CCCCCCCCC=CN1CCC2(CC1)C(=O)NC(CC(C)C)C(=O)N2CCC. The van der Waals surface area contributed by atoms with Crippen molar-refractivity contribution in [3.8, 4) is 0 Å². The van der Waals surface area contributed by atoms with Crippen molar-refractivity contribution in [2.75, 3.05) is 19.6 Å². The number of rotatable bonds is 12. The zero-order valence-electron chi connectivity index (χ0n) is 19.9. The molecule has 1 atom stereocenters. The second-order valence-electron chi connectivity index (χ2n) is 9.65. The van der Waals surface area contributed by atoms with Crippen LogP contribution >= 0.6 is 0 Å². The molecule has 1 spiro atoms. The number of amides is 2. The fraction of sp³-hybridized carbons (Fsp3) is 0.840. The van der Waals surface area contributed by atoms with E-state index in [1.807, 2.05) is 4.90 Å². The first-order chi connectivity index (χ1) is 14.4. The second kappa shape index (κ2) is 12.4. The highest BCUT2D eigenvalue weighted by molar-refractivity contribution is 6.00. The van der Waals surface area contributed by atoms with E-state index in [0.717, 1.165) is 38.8 Å². The number of nitrogens with one attached hydrogen (secondary N) is 1. The summed E-state index contributed by atoms with van der Waals surface area (Å²) in [5.41, 5.74) is -0.649. The van der Waals surface area contributed by atoms with Gasteiger partial charge in [-0.2, -0.15) is 0 Å². The molecule has 5 nitrogen and oxygen atoms in total. The Morgan fingerprint density at radius 1 is 1.03 bits per heavy atom. The number of allylic oxidation sites excluding steroid dienone is 1. The molecule has 2 fully saturated rings. The lowest BCUT2D eigenvalue weighted by molar-refractivity contribution is -0.161. The van der Waals surface area contributed by atoms with Gasteiger partial charge in [0, 0.05) is 19.6 Å².